The van der Waals surface area contributed by atoms with Crippen LogP contribution >= 0.6 is 11.8 Å². The summed E-state index contributed by atoms with van der Waals surface area (Å²) in [5, 5.41) is 6.40. The van der Waals surface area contributed by atoms with E-state index in [2.05, 4.69) is 87.5 Å². The van der Waals surface area contributed by atoms with Crippen LogP contribution in [0.5, 0.6) is 0 Å². The van der Waals surface area contributed by atoms with Crippen molar-refractivity contribution in [1.82, 2.24) is 21.5 Å². The molecule has 0 fully saturated rings. The molecule has 1 heterocycles. The summed E-state index contributed by atoms with van der Waals surface area (Å²) in [7, 11) is 0. The molecule has 1 aliphatic rings. The molecule has 0 saturated heterocycles. The van der Waals surface area contributed by atoms with E-state index in [0.29, 0.717) is 5.88 Å². The van der Waals surface area contributed by atoms with E-state index < -0.39 is 6.04 Å². The molecule has 4 N–H and O–H groups in total. The normalized spacial score (nSPS) is 19.9. The number of nitrogens with one attached hydrogen (secondary N) is 4. The third-order valence-electron chi connectivity index (χ3n) is 6.09. The molecule has 1 rings (SSSR count). The zero-order valence-electron chi connectivity index (χ0n) is 24.6. The van der Waals surface area contributed by atoms with Crippen molar-refractivity contribution in [3.8, 4) is 0 Å². The second-order valence-corrected chi connectivity index (χ2v) is 12.2. The Labute approximate surface area is 230 Å². The minimum Gasteiger partial charge on any atom is -0.474 e. The molecular weight excluding hydrogens is 480 g/mol. The quantitative estimate of drug-likeness (QED) is 0.161. The SMILES string of the molecule is C=C(N[C@@H](C(=O)N[C@H]1CSC/C=C(/CC/C=C(\C)CCC=C(C)C)NNC1=C)[C@@H](C)CC)OC(C)(C)C. The molecule has 0 radical (unpaired) electrons. The average molecular weight is 533 g/mol. The first-order valence-corrected chi connectivity index (χ1v) is 14.7. The Morgan fingerprint density at radius 3 is 2.57 bits per heavy atom. The molecule has 0 bridgehead atoms. The Morgan fingerprint density at radius 1 is 1.24 bits per heavy atom. The highest BCUT2D eigenvalue weighted by Gasteiger charge is 2.28. The summed E-state index contributed by atoms with van der Waals surface area (Å²) < 4.78 is 5.82. The van der Waals surface area contributed by atoms with Crippen LogP contribution in [0.15, 0.2) is 59.8 Å². The molecular formula is C30H52N4O2S. The lowest BCUT2D eigenvalue weighted by Crippen LogP contribution is -2.53. The average Bonchev–Trinajstić information content (AvgIpc) is 2.87. The van der Waals surface area contributed by atoms with Crippen molar-refractivity contribution in [3.63, 3.8) is 0 Å². The van der Waals surface area contributed by atoms with Crippen LogP contribution in [0.1, 0.15) is 87.5 Å². The molecule has 1 amide bonds. The minimum absolute atomic E-state index is 0.0808. The smallest absolute Gasteiger partial charge is 0.243 e. The molecule has 7 heteroatoms. The van der Waals surface area contributed by atoms with Crippen molar-refractivity contribution < 1.29 is 9.53 Å². The van der Waals surface area contributed by atoms with Crippen molar-refractivity contribution in [2.24, 2.45) is 5.92 Å². The van der Waals surface area contributed by atoms with Gasteiger partial charge < -0.3 is 26.2 Å². The molecule has 1 aliphatic heterocycles. The number of hydrogen-bond acceptors (Lipinski definition) is 6. The number of thioether (sulfide) groups is 1. The number of ether oxygens (including phenoxy) is 1. The topological polar surface area (TPSA) is 74.4 Å². The van der Waals surface area contributed by atoms with E-state index >= 15 is 0 Å². The maximum Gasteiger partial charge on any atom is 0.243 e. The van der Waals surface area contributed by atoms with Gasteiger partial charge in [0.05, 0.1) is 6.04 Å². The van der Waals surface area contributed by atoms with Crippen molar-refractivity contribution in [1.29, 1.82) is 0 Å². The predicted octanol–water partition coefficient (Wildman–Crippen LogP) is 6.47. The number of allylic oxidation sites excluding steroid dienone is 5. The Morgan fingerprint density at radius 2 is 1.95 bits per heavy atom. The molecule has 0 unspecified atom stereocenters. The van der Waals surface area contributed by atoms with Crippen LogP contribution < -0.4 is 21.5 Å². The summed E-state index contributed by atoms with van der Waals surface area (Å²) in [4.78, 5) is 13.3. The second-order valence-electron chi connectivity index (χ2n) is 11.2. The third kappa shape index (κ3) is 14.3. The second kappa shape index (κ2) is 16.5. The highest BCUT2D eigenvalue weighted by Crippen LogP contribution is 2.17. The van der Waals surface area contributed by atoms with Crippen molar-refractivity contribution in [3.05, 3.63) is 59.8 Å². The van der Waals surface area contributed by atoms with Gasteiger partial charge in [0.1, 0.15) is 11.6 Å². The molecule has 0 spiro atoms. The van der Waals surface area contributed by atoms with Gasteiger partial charge in [-0.3, -0.25) is 4.79 Å². The lowest BCUT2D eigenvalue weighted by Gasteiger charge is -2.31. The highest BCUT2D eigenvalue weighted by atomic mass is 32.2. The van der Waals surface area contributed by atoms with E-state index in [1.165, 1.54) is 11.1 Å². The first-order chi connectivity index (χ1) is 17.3. The number of rotatable bonds is 13. The molecule has 0 aromatic heterocycles. The Bertz CT molecular complexity index is 850. The lowest BCUT2D eigenvalue weighted by molar-refractivity contribution is -0.125. The van der Waals surface area contributed by atoms with E-state index in [1.54, 1.807) is 11.8 Å². The fourth-order valence-electron chi connectivity index (χ4n) is 3.74. The van der Waals surface area contributed by atoms with Gasteiger partial charge in [0.2, 0.25) is 5.91 Å². The van der Waals surface area contributed by atoms with Crippen LogP contribution in [0, 0.1) is 5.92 Å². The van der Waals surface area contributed by atoms with Crippen molar-refractivity contribution in [2.75, 3.05) is 11.5 Å². The molecule has 210 valence electrons. The van der Waals surface area contributed by atoms with Gasteiger partial charge in [0, 0.05) is 22.9 Å². The molecule has 0 aromatic carbocycles. The highest BCUT2D eigenvalue weighted by molar-refractivity contribution is 7.99. The zero-order valence-corrected chi connectivity index (χ0v) is 25.4. The number of hydrogen-bond donors (Lipinski definition) is 4. The maximum absolute atomic E-state index is 13.3. The molecule has 6 nitrogen and oxygen atoms in total. The summed E-state index contributed by atoms with van der Waals surface area (Å²) >= 11 is 1.78. The number of carbonyl (C=O) groups excluding carboxylic acids is 1. The van der Waals surface area contributed by atoms with Crippen LogP contribution in [0.3, 0.4) is 0 Å². The fourth-order valence-corrected chi connectivity index (χ4v) is 4.71. The Balaban J connectivity index is 2.69. The van der Waals surface area contributed by atoms with Gasteiger partial charge >= 0.3 is 0 Å². The van der Waals surface area contributed by atoms with Crippen molar-refractivity contribution in [2.45, 2.75) is 105 Å². The summed E-state index contributed by atoms with van der Waals surface area (Å²) in [5.74, 6) is 2.04. The van der Waals surface area contributed by atoms with Gasteiger partial charge in [-0.2, -0.15) is 11.8 Å². The van der Waals surface area contributed by atoms with E-state index in [0.717, 1.165) is 55.0 Å². The van der Waals surface area contributed by atoms with Gasteiger partial charge in [0.15, 0.2) is 5.88 Å². The van der Waals surface area contributed by atoms with Crippen molar-refractivity contribution >= 4 is 17.7 Å². The number of carbonyl (C=O) groups is 1. The van der Waals surface area contributed by atoms with Gasteiger partial charge in [-0.25, -0.2) is 0 Å². The van der Waals surface area contributed by atoms with Gasteiger partial charge in [-0.05, 0) is 79.7 Å². The van der Waals surface area contributed by atoms with Crippen LogP contribution in [-0.2, 0) is 9.53 Å². The van der Waals surface area contributed by atoms with Crippen LogP contribution in [-0.4, -0.2) is 35.1 Å². The number of amides is 1. The first kappa shape index (κ1) is 32.7. The van der Waals surface area contributed by atoms with E-state index in [-0.39, 0.29) is 23.5 Å². The summed E-state index contributed by atoms with van der Waals surface area (Å²) in [6.07, 6.45) is 11.8. The molecule has 3 atom stereocenters. The van der Waals surface area contributed by atoms with E-state index in [4.69, 9.17) is 4.74 Å². The minimum atomic E-state index is -0.446. The van der Waals surface area contributed by atoms with Gasteiger partial charge in [0.25, 0.3) is 0 Å². The number of hydrazine groups is 1. The zero-order chi connectivity index (χ0) is 28.0. The monoisotopic (exact) mass is 532 g/mol. The van der Waals surface area contributed by atoms with Crippen LogP contribution in [0.2, 0.25) is 0 Å². The van der Waals surface area contributed by atoms with Crippen LogP contribution in [0.4, 0.5) is 0 Å². The van der Waals surface area contributed by atoms with Gasteiger partial charge in [-0.15, -0.1) is 0 Å². The molecule has 0 aromatic rings. The fraction of sp³-hybridized carbons (Fsp3) is 0.633. The van der Waals surface area contributed by atoms with Crippen LogP contribution in [0.25, 0.3) is 0 Å². The summed E-state index contributed by atoms with van der Waals surface area (Å²) in [5.41, 5.74) is 10.9. The third-order valence-corrected chi connectivity index (χ3v) is 7.06. The van der Waals surface area contributed by atoms with Gasteiger partial charge in [-0.1, -0.05) is 56.2 Å². The lowest BCUT2D eigenvalue weighted by atomic mass is 9.98. The molecule has 0 aliphatic carbocycles. The summed E-state index contributed by atoms with van der Waals surface area (Å²) in [6.45, 7) is 24.7. The Hall–Kier alpha value is -2.28. The maximum atomic E-state index is 13.3. The molecule has 0 saturated carbocycles. The predicted molar refractivity (Wildman–Crippen MR) is 161 cm³/mol. The largest absolute Gasteiger partial charge is 0.474 e. The first-order valence-electron chi connectivity index (χ1n) is 13.5. The Kier molecular flexibility index (Phi) is 14.6. The standard InChI is InChI=1S/C30H52N4O2S/c1-11-23(5)28(31-25(7)36-30(8,9)10)29(35)32-27-20-37-19-18-26(34-33-24(27)6)17-13-16-22(4)15-12-14-21(2)3/h14,16,18,23,27-28,31,33-34H,6-7,11-13,15,17,19-20H2,1-5,8-10H3,(H,32,35)/b22-16+,26-18-/t23-,27-,28+/m0/s1. The summed E-state index contributed by atoms with van der Waals surface area (Å²) in [6, 6.07) is -0.654. The van der Waals surface area contributed by atoms with E-state index in [9.17, 15) is 4.79 Å². The molecule has 37 heavy (non-hydrogen) atoms. The van der Waals surface area contributed by atoms with E-state index in [1.807, 2.05) is 20.8 Å².